The first kappa shape index (κ1) is 16.3. The molecule has 1 atom stereocenters. The van der Waals surface area contributed by atoms with Crippen LogP contribution in [0.5, 0.6) is 0 Å². The van der Waals surface area contributed by atoms with Crippen LogP contribution in [0.4, 0.5) is 5.69 Å². The number of aliphatic carboxylic acids is 1. The summed E-state index contributed by atoms with van der Waals surface area (Å²) < 4.78 is 0. The summed E-state index contributed by atoms with van der Waals surface area (Å²) in [6.07, 6.45) is 1.27. The first-order valence-electron chi connectivity index (χ1n) is 8.56. The van der Waals surface area contributed by atoms with Crippen LogP contribution in [0.1, 0.15) is 33.5 Å². The highest BCUT2D eigenvalue weighted by Crippen LogP contribution is 2.28. The monoisotopic (exact) mass is 350 g/mol. The molecule has 0 spiro atoms. The Morgan fingerprint density at radius 3 is 2.58 bits per heavy atom. The molecule has 0 radical (unpaired) electrons. The molecule has 2 amide bonds. The average molecular weight is 350 g/mol. The molecule has 6 heteroatoms. The molecule has 0 aromatic heterocycles. The van der Waals surface area contributed by atoms with Gasteiger partial charge in [-0.3, -0.25) is 9.59 Å². The molecule has 2 aliphatic heterocycles. The predicted octanol–water partition coefficient (Wildman–Crippen LogP) is 2.22. The number of anilines is 1. The van der Waals surface area contributed by atoms with Gasteiger partial charge in [-0.2, -0.15) is 0 Å². The summed E-state index contributed by atoms with van der Waals surface area (Å²) in [6.45, 7) is 0.278. The van der Waals surface area contributed by atoms with Gasteiger partial charge in [-0.1, -0.05) is 24.3 Å². The fourth-order valence-electron chi connectivity index (χ4n) is 3.64. The Labute approximate surface area is 150 Å². The number of nitrogens with zero attached hydrogens (tertiary/aromatic N) is 1. The minimum absolute atomic E-state index is 0.0323. The molecule has 2 N–H and O–H groups in total. The third kappa shape index (κ3) is 2.83. The third-order valence-electron chi connectivity index (χ3n) is 5.04. The van der Waals surface area contributed by atoms with E-state index in [9.17, 15) is 19.5 Å². The Bertz CT molecular complexity index is 922. The zero-order valence-electron chi connectivity index (χ0n) is 14.1. The maximum absolute atomic E-state index is 13.0. The van der Waals surface area contributed by atoms with Gasteiger partial charge in [-0.05, 0) is 41.3 Å². The average Bonchev–Trinajstić information content (AvgIpc) is 2.65. The number of aryl methyl sites for hydroxylation is 1. The van der Waals surface area contributed by atoms with Gasteiger partial charge in [0, 0.05) is 30.6 Å². The standard InChI is InChI=1S/C20H18N2O4/c23-18-8-6-13-9-14(5-7-16(13)21-18)19(24)22-11-15-4-2-1-3-12(15)10-17(22)20(25)26/h1-5,7,9,17H,6,8,10-11H2,(H,21,23)(H,25,26)/t17-/m1/s1. The molecular weight excluding hydrogens is 332 g/mol. The highest BCUT2D eigenvalue weighted by Gasteiger charge is 2.35. The fraction of sp³-hybridized carbons (Fsp3) is 0.250. The van der Waals surface area contributed by atoms with Gasteiger partial charge in [0.15, 0.2) is 0 Å². The van der Waals surface area contributed by atoms with Crippen LogP contribution < -0.4 is 5.32 Å². The zero-order chi connectivity index (χ0) is 18.3. The normalized spacial score (nSPS) is 18.5. The first-order valence-corrected chi connectivity index (χ1v) is 8.56. The van der Waals surface area contributed by atoms with E-state index in [1.54, 1.807) is 18.2 Å². The van der Waals surface area contributed by atoms with E-state index in [1.165, 1.54) is 4.90 Å². The van der Waals surface area contributed by atoms with Crippen molar-refractivity contribution in [3.8, 4) is 0 Å². The van der Waals surface area contributed by atoms with Crippen molar-refractivity contribution in [3.63, 3.8) is 0 Å². The summed E-state index contributed by atoms with van der Waals surface area (Å²) in [4.78, 5) is 37.7. The number of carboxylic acids is 1. The van der Waals surface area contributed by atoms with E-state index in [-0.39, 0.29) is 18.4 Å². The largest absolute Gasteiger partial charge is 0.480 e. The van der Waals surface area contributed by atoms with E-state index < -0.39 is 12.0 Å². The molecule has 2 aromatic rings. The quantitative estimate of drug-likeness (QED) is 0.869. The number of carbonyl (C=O) groups excluding carboxylic acids is 2. The lowest BCUT2D eigenvalue weighted by Crippen LogP contribution is -2.48. The van der Waals surface area contributed by atoms with Crippen molar-refractivity contribution in [3.05, 3.63) is 64.7 Å². The summed E-state index contributed by atoms with van der Waals surface area (Å²) in [7, 11) is 0. The van der Waals surface area contributed by atoms with Crippen LogP contribution in [-0.2, 0) is 29.0 Å². The van der Waals surface area contributed by atoms with Crippen molar-refractivity contribution in [2.75, 3.05) is 5.32 Å². The molecule has 6 nitrogen and oxygen atoms in total. The van der Waals surface area contributed by atoms with Gasteiger partial charge >= 0.3 is 5.97 Å². The molecule has 26 heavy (non-hydrogen) atoms. The van der Waals surface area contributed by atoms with Crippen LogP contribution in [0.25, 0.3) is 0 Å². The lowest BCUT2D eigenvalue weighted by molar-refractivity contribution is -0.142. The van der Waals surface area contributed by atoms with E-state index in [2.05, 4.69) is 5.32 Å². The number of fused-ring (bicyclic) bond motifs is 2. The van der Waals surface area contributed by atoms with Crippen molar-refractivity contribution >= 4 is 23.5 Å². The molecule has 2 aromatic carbocycles. The van der Waals surface area contributed by atoms with Gasteiger partial charge in [-0.25, -0.2) is 4.79 Å². The number of benzene rings is 2. The lowest BCUT2D eigenvalue weighted by Gasteiger charge is -2.34. The van der Waals surface area contributed by atoms with E-state index >= 15 is 0 Å². The number of nitrogens with one attached hydrogen (secondary N) is 1. The van der Waals surface area contributed by atoms with E-state index in [0.29, 0.717) is 24.8 Å². The molecule has 2 aliphatic rings. The highest BCUT2D eigenvalue weighted by molar-refractivity contribution is 5.99. The molecule has 0 saturated heterocycles. The molecule has 0 unspecified atom stereocenters. The Balaban J connectivity index is 1.66. The second-order valence-electron chi connectivity index (χ2n) is 6.68. The SMILES string of the molecule is O=C1CCc2cc(C(=O)N3Cc4ccccc4C[C@@H]3C(=O)O)ccc2N1. The summed E-state index contributed by atoms with van der Waals surface area (Å²) in [5.41, 5.74) is 4.02. The van der Waals surface area contributed by atoms with Gasteiger partial charge in [0.2, 0.25) is 5.91 Å². The van der Waals surface area contributed by atoms with E-state index in [0.717, 1.165) is 22.4 Å². The van der Waals surface area contributed by atoms with Crippen LogP contribution in [0.3, 0.4) is 0 Å². The number of rotatable bonds is 2. The Morgan fingerprint density at radius 1 is 1.04 bits per heavy atom. The highest BCUT2D eigenvalue weighted by atomic mass is 16.4. The maximum atomic E-state index is 13.0. The Morgan fingerprint density at radius 2 is 1.81 bits per heavy atom. The van der Waals surface area contributed by atoms with Gasteiger partial charge < -0.3 is 15.3 Å². The molecule has 0 fully saturated rings. The minimum Gasteiger partial charge on any atom is -0.480 e. The molecule has 0 aliphatic carbocycles. The first-order chi connectivity index (χ1) is 12.5. The van der Waals surface area contributed by atoms with Gasteiger partial charge in [0.1, 0.15) is 6.04 Å². The van der Waals surface area contributed by atoms with Crippen molar-refractivity contribution in [2.45, 2.75) is 31.8 Å². The van der Waals surface area contributed by atoms with E-state index in [4.69, 9.17) is 0 Å². The lowest BCUT2D eigenvalue weighted by atomic mass is 9.93. The Kier molecular flexibility index (Phi) is 3.95. The van der Waals surface area contributed by atoms with Crippen molar-refractivity contribution in [1.29, 1.82) is 0 Å². The number of hydrogen-bond acceptors (Lipinski definition) is 3. The number of carboxylic acid groups (broad SMARTS) is 1. The summed E-state index contributed by atoms with van der Waals surface area (Å²) in [5.74, 6) is -1.33. The number of carbonyl (C=O) groups is 3. The molecule has 2 heterocycles. The van der Waals surface area contributed by atoms with Crippen LogP contribution >= 0.6 is 0 Å². The summed E-state index contributed by atoms with van der Waals surface area (Å²) in [5, 5.41) is 12.4. The van der Waals surface area contributed by atoms with Crippen LogP contribution in [0.2, 0.25) is 0 Å². The predicted molar refractivity (Wildman–Crippen MR) is 94.8 cm³/mol. The molecule has 4 rings (SSSR count). The van der Waals surface area contributed by atoms with Crippen molar-refractivity contribution in [2.24, 2.45) is 0 Å². The van der Waals surface area contributed by atoms with Crippen molar-refractivity contribution < 1.29 is 19.5 Å². The van der Waals surface area contributed by atoms with Gasteiger partial charge in [-0.15, -0.1) is 0 Å². The van der Waals surface area contributed by atoms with E-state index in [1.807, 2.05) is 24.3 Å². The molecule has 0 bridgehead atoms. The smallest absolute Gasteiger partial charge is 0.326 e. The summed E-state index contributed by atoms with van der Waals surface area (Å²) >= 11 is 0. The minimum atomic E-state index is -1.00. The molecular formula is C20H18N2O4. The zero-order valence-corrected chi connectivity index (χ0v) is 14.1. The van der Waals surface area contributed by atoms with Gasteiger partial charge in [0.05, 0.1) is 0 Å². The molecule has 132 valence electrons. The van der Waals surface area contributed by atoms with Crippen LogP contribution in [-0.4, -0.2) is 33.8 Å². The van der Waals surface area contributed by atoms with Gasteiger partial charge in [0.25, 0.3) is 5.91 Å². The van der Waals surface area contributed by atoms with Crippen molar-refractivity contribution in [1.82, 2.24) is 4.90 Å². The Hall–Kier alpha value is -3.15. The molecule has 0 saturated carbocycles. The number of hydrogen-bond donors (Lipinski definition) is 2. The topological polar surface area (TPSA) is 86.7 Å². The summed E-state index contributed by atoms with van der Waals surface area (Å²) in [6, 6.07) is 11.9. The third-order valence-corrected chi connectivity index (χ3v) is 5.04. The second-order valence-corrected chi connectivity index (χ2v) is 6.68. The number of amides is 2. The second kappa shape index (κ2) is 6.29. The maximum Gasteiger partial charge on any atom is 0.326 e. The fourth-order valence-corrected chi connectivity index (χ4v) is 3.64. The van der Waals surface area contributed by atoms with Crippen LogP contribution in [0.15, 0.2) is 42.5 Å². The van der Waals surface area contributed by atoms with Crippen LogP contribution in [0, 0.1) is 0 Å².